The Morgan fingerprint density at radius 3 is 1.59 bits per heavy atom. The number of rotatable bonds is 10. The van der Waals surface area contributed by atoms with Crippen molar-refractivity contribution in [3.63, 3.8) is 0 Å². The van der Waals surface area contributed by atoms with Crippen molar-refractivity contribution in [2.75, 3.05) is 40.4 Å². The van der Waals surface area contributed by atoms with Crippen molar-refractivity contribution in [3.8, 4) is 0 Å². The van der Waals surface area contributed by atoms with Gasteiger partial charge in [0.2, 0.25) is 0 Å². The predicted octanol–water partition coefficient (Wildman–Crippen LogP) is -0.318. The standard InChI is InChI=1S/C11H22N2O4/c1-16-10(14)4-8-12-6-3-7-13-9-5-11(15)17-2/h12-13H,3-9H2,1-2H3. The lowest BCUT2D eigenvalue weighted by Crippen LogP contribution is -2.25. The van der Waals surface area contributed by atoms with Crippen LogP contribution in [0.1, 0.15) is 19.3 Å². The van der Waals surface area contributed by atoms with Gasteiger partial charge in [0.05, 0.1) is 27.1 Å². The van der Waals surface area contributed by atoms with Crippen LogP contribution in [0, 0.1) is 0 Å². The van der Waals surface area contributed by atoms with E-state index in [1.54, 1.807) is 0 Å². The van der Waals surface area contributed by atoms with Crippen molar-refractivity contribution in [1.82, 2.24) is 10.6 Å². The highest BCUT2D eigenvalue weighted by Crippen LogP contribution is 1.83. The van der Waals surface area contributed by atoms with Crippen molar-refractivity contribution < 1.29 is 19.1 Å². The third-order valence-electron chi connectivity index (χ3n) is 2.17. The molecule has 0 saturated carbocycles. The zero-order chi connectivity index (χ0) is 12.9. The van der Waals surface area contributed by atoms with E-state index in [0.717, 1.165) is 19.5 Å². The van der Waals surface area contributed by atoms with E-state index in [4.69, 9.17) is 0 Å². The topological polar surface area (TPSA) is 76.7 Å². The fourth-order valence-electron chi connectivity index (χ4n) is 1.17. The van der Waals surface area contributed by atoms with Crippen LogP contribution in [0.5, 0.6) is 0 Å². The summed E-state index contributed by atoms with van der Waals surface area (Å²) in [4.78, 5) is 21.5. The molecule has 0 saturated heterocycles. The molecule has 0 heterocycles. The monoisotopic (exact) mass is 246 g/mol. The second kappa shape index (κ2) is 11.3. The first-order valence-corrected chi connectivity index (χ1v) is 5.75. The smallest absolute Gasteiger partial charge is 0.306 e. The van der Waals surface area contributed by atoms with Crippen LogP contribution >= 0.6 is 0 Å². The number of methoxy groups -OCH3 is 2. The van der Waals surface area contributed by atoms with Gasteiger partial charge in [-0.05, 0) is 19.5 Å². The SMILES string of the molecule is COC(=O)CCNCCCNCCC(=O)OC. The molecule has 100 valence electrons. The molecular weight excluding hydrogens is 224 g/mol. The third kappa shape index (κ3) is 11.1. The molecule has 0 aliphatic carbocycles. The summed E-state index contributed by atoms with van der Waals surface area (Å²) in [5.74, 6) is -0.401. The predicted molar refractivity (Wildman–Crippen MR) is 63.6 cm³/mol. The Bertz CT molecular complexity index is 200. The zero-order valence-corrected chi connectivity index (χ0v) is 10.6. The average Bonchev–Trinajstić information content (AvgIpc) is 2.35. The molecule has 6 nitrogen and oxygen atoms in total. The van der Waals surface area contributed by atoms with Crippen LogP contribution in [0.4, 0.5) is 0 Å². The third-order valence-corrected chi connectivity index (χ3v) is 2.17. The van der Waals surface area contributed by atoms with Crippen LogP contribution in [0.2, 0.25) is 0 Å². The molecule has 0 bridgehead atoms. The molecule has 0 aromatic heterocycles. The normalized spacial score (nSPS) is 10.0. The Balaban J connectivity index is 3.08. The number of carbonyl (C=O) groups is 2. The molecule has 2 N–H and O–H groups in total. The molecule has 0 atom stereocenters. The molecule has 0 aromatic carbocycles. The second-order valence-corrected chi connectivity index (χ2v) is 3.51. The number of ether oxygens (including phenoxy) is 2. The van der Waals surface area contributed by atoms with Gasteiger partial charge < -0.3 is 20.1 Å². The van der Waals surface area contributed by atoms with Gasteiger partial charge >= 0.3 is 11.9 Å². The molecule has 0 aromatic rings. The number of carbonyl (C=O) groups excluding carboxylic acids is 2. The number of esters is 2. The van der Waals surface area contributed by atoms with Crippen molar-refractivity contribution in [2.24, 2.45) is 0 Å². The Kier molecular flexibility index (Phi) is 10.6. The first-order valence-electron chi connectivity index (χ1n) is 5.75. The van der Waals surface area contributed by atoms with Gasteiger partial charge in [0.25, 0.3) is 0 Å². The summed E-state index contributed by atoms with van der Waals surface area (Å²) >= 11 is 0. The number of hydrogen-bond acceptors (Lipinski definition) is 6. The zero-order valence-electron chi connectivity index (χ0n) is 10.6. The molecule has 0 rings (SSSR count). The number of nitrogens with one attached hydrogen (secondary N) is 2. The molecule has 0 unspecified atom stereocenters. The first-order chi connectivity index (χ1) is 8.20. The van der Waals surface area contributed by atoms with E-state index < -0.39 is 0 Å². The van der Waals surface area contributed by atoms with Crippen molar-refractivity contribution >= 4 is 11.9 Å². The Labute approximate surface area is 102 Å². The summed E-state index contributed by atoms with van der Waals surface area (Å²) in [6.45, 7) is 2.94. The van der Waals surface area contributed by atoms with Crippen LogP contribution in [0.15, 0.2) is 0 Å². The molecular formula is C11H22N2O4. The van der Waals surface area contributed by atoms with Crippen molar-refractivity contribution in [3.05, 3.63) is 0 Å². The van der Waals surface area contributed by atoms with E-state index in [2.05, 4.69) is 20.1 Å². The Morgan fingerprint density at radius 2 is 1.24 bits per heavy atom. The maximum absolute atomic E-state index is 10.8. The van der Waals surface area contributed by atoms with Crippen LogP contribution in [0.3, 0.4) is 0 Å². The molecule has 0 spiro atoms. The lowest BCUT2D eigenvalue weighted by Gasteiger charge is -2.05. The van der Waals surface area contributed by atoms with Crippen LogP contribution < -0.4 is 10.6 Å². The molecule has 0 aliphatic heterocycles. The summed E-state index contributed by atoms with van der Waals surface area (Å²) in [5.41, 5.74) is 0. The average molecular weight is 246 g/mol. The molecule has 6 heteroatoms. The summed E-state index contributed by atoms with van der Waals surface area (Å²) in [7, 11) is 2.77. The minimum atomic E-state index is -0.200. The molecule has 0 amide bonds. The summed E-state index contributed by atoms with van der Waals surface area (Å²) < 4.78 is 9.02. The summed E-state index contributed by atoms with van der Waals surface area (Å²) in [6, 6.07) is 0. The van der Waals surface area contributed by atoms with Crippen LogP contribution in [0.25, 0.3) is 0 Å². The fourth-order valence-corrected chi connectivity index (χ4v) is 1.17. The Hall–Kier alpha value is -1.14. The van der Waals surface area contributed by atoms with E-state index in [9.17, 15) is 9.59 Å². The molecule has 0 radical (unpaired) electrons. The maximum Gasteiger partial charge on any atom is 0.306 e. The highest BCUT2D eigenvalue weighted by atomic mass is 16.5. The highest BCUT2D eigenvalue weighted by molar-refractivity contribution is 5.69. The summed E-state index contributed by atoms with van der Waals surface area (Å²) in [5, 5.41) is 6.26. The van der Waals surface area contributed by atoms with Gasteiger partial charge in [-0.1, -0.05) is 0 Å². The largest absolute Gasteiger partial charge is 0.469 e. The lowest BCUT2D eigenvalue weighted by molar-refractivity contribution is -0.141. The minimum Gasteiger partial charge on any atom is -0.469 e. The van der Waals surface area contributed by atoms with Gasteiger partial charge in [-0.3, -0.25) is 9.59 Å². The van der Waals surface area contributed by atoms with Crippen molar-refractivity contribution in [1.29, 1.82) is 0 Å². The lowest BCUT2D eigenvalue weighted by atomic mass is 10.3. The van der Waals surface area contributed by atoms with E-state index in [1.165, 1.54) is 14.2 Å². The van der Waals surface area contributed by atoms with Gasteiger partial charge in [-0.15, -0.1) is 0 Å². The van der Waals surface area contributed by atoms with Gasteiger partial charge in [-0.2, -0.15) is 0 Å². The van der Waals surface area contributed by atoms with Crippen LogP contribution in [-0.2, 0) is 19.1 Å². The van der Waals surface area contributed by atoms with Gasteiger partial charge in [-0.25, -0.2) is 0 Å². The quantitative estimate of drug-likeness (QED) is 0.406. The second-order valence-electron chi connectivity index (χ2n) is 3.51. The van der Waals surface area contributed by atoms with Crippen molar-refractivity contribution in [2.45, 2.75) is 19.3 Å². The van der Waals surface area contributed by atoms with E-state index >= 15 is 0 Å². The first kappa shape index (κ1) is 15.9. The number of hydrogen-bond donors (Lipinski definition) is 2. The molecule has 17 heavy (non-hydrogen) atoms. The highest BCUT2D eigenvalue weighted by Gasteiger charge is 1.99. The van der Waals surface area contributed by atoms with Gasteiger partial charge in [0, 0.05) is 13.1 Å². The Morgan fingerprint density at radius 1 is 0.824 bits per heavy atom. The van der Waals surface area contributed by atoms with Gasteiger partial charge in [0.15, 0.2) is 0 Å². The summed E-state index contributed by atoms with van der Waals surface area (Å²) in [6.07, 6.45) is 1.74. The minimum absolute atomic E-state index is 0.200. The van der Waals surface area contributed by atoms with Crippen LogP contribution in [-0.4, -0.2) is 52.3 Å². The molecule has 0 aliphatic rings. The molecule has 0 fully saturated rings. The van der Waals surface area contributed by atoms with E-state index in [0.29, 0.717) is 25.9 Å². The van der Waals surface area contributed by atoms with E-state index in [-0.39, 0.29) is 11.9 Å². The fraction of sp³-hybridized carbons (Fsp3) is 0.818. The maximum atomic E-state index is 10.8. The van der Waals surface area contributed by atoms with Gasteiger partial charge in [0.1, 0.15) is 0 Å². The van der Waals surface area contributed by atoms with E-state index in [1.807, 2.05) is 0 Å².